The summed E-state index contributed by atoms with van der Waals surface area (Å²) in [6, 6.07) is 6.83. The Labute approximate surface area is 123 Å². The molecule has 110 valence electrons. The molecule has 0 radical (unpaired) electrons. The fourth-order valence-corrected chi connectivity index (χ4v) is 4.22. The molecule has 0 spiro atoms. The number of anilines is 2. The number of carbonyl (C=O) groups is 2. The first kappa shape index (κ1) is 12.7. The van der Waals surface area contributed by atoms with Gasteiger partial charge in [0.05, 0.1) is 5.69 Å². The molecule has 2 aliphatic heterocycles. The Morgan fingerprint density at radius 2 is 1.95 bits per heavy atom. The van der Waals surface area contributed by atoms with Crippen LogP contribution in [-0.2, 0) is 4.79 Å². The highest BCUT2D eigenvalue weighted by molar-refractivity contribution is 6.21. The number of nitrogens with zero attached hydrogens (tertiary/aromatic N) is 2. The Hall–Kier alpha value is -2.04. The highest BCUT2D eigenvalue weighted by Gasteiger charge is 2.55. The second-order valence-electron chi connectivity index (χ2n) is 6.32. The predicted molar refractivity (Wildman–Crippen MR) is 79.7 cm³/mol. The highest BCUT2D eigenvalue weighted by atomic mass is 16.2. The van der Waals surface area contributed by atoms with E-state index in [2.05, 4.69) is 0 Å². The van der Waals surface area contributed by atoms with Gasteiger partial charge >= 0.3 is 6.03 Å². The summed E-state index contributed by atoms with van der Waals surface area (Å²) in [7, 11) is 0. The lowest BCUT2D eigenvalue weighted by Gasteiger charge is -2.31. The molecule has 1 aromatic rings. The summed E-state index contributed by atoms with van der Waals surface area (Å²) in [5.74, 6) is 0.430. The number of fused-ring (bicyclic) bond motifs is 3. The number of nitrogens with two attached hydrogens (primary N) is 1. The van der Waals surface area contributed by atoms with Crippen LogP contribution in [0.5, 0.6) is 0 Å². The minimum Gasteiger partial charge on any atom is -0.399 e. The molecule has 21 heavy (non-hydrogen) atoms. The number of hydrogen-bond donors (Lipinski definition) is 1. The second-order valence-corrected chi connectivity index (χ2v) is 6.32. The lowest BCUT2D eigenvalue weighted by atomic mass is 9.84. The van der Waals surface area contributed by atoms with Gasteiger partial charge in [-0.15, -0.1) is 0 Å². The highest BCUT2D eigenvalue weighted by Crippen LogP contribution is 2.44. The van der Waals surface area contributed by atoms with Crippen molar-refractivity contribution in [2.24, 2.45) is 5.92 Å². The summed E-state index contributed by atoms with van der Waals surface area (Å²) in [6.45, 7) is 0. The molecule has 1 aliphatic carbocycles. The smallest absolute Gasteiger partial charge is 0.332 e. The molecule has 4 rings (SSSR count). The van der Waals surface area contributed by atoms with Crippen molar-refractivity contribution in [1.82, 2.24) is 4.90 Å². The zero-order valence-electron chi connectivity index (χ0n) is 11.9. The lowest BCUT2D eigenvalue weighted by Crippen LogP contribution is -2.41. The minimum absolute atomic E-state index is 0.0833. The molecule has 3 atom stereocenters. The predicted octanol–water partition coefficient (Wildman–Crippen LogP) is 2.37. The van der Waals surface area contributed by atoms with E-state index in [-0.39, 0.29) is 24.0 Å². The van der Waals surface area contributed by atoms with E-state index in [1.807, 2.05) is 4.90 Å². The number of urea groups is 1. The largest absolute Gasteiger partial charge is 0.399 e. The van der Waals surface area contributed by atoms with Crippen LogP contribution in [0.4, 0.5) is 16.2 Å². The number of imide groups is 1. The van der Waals surface area contributed by atoms with E-state index in [0.29, 0.717) is 17.3 Å². The van der Waals surface area contributed by atoms with Crippen molar-refractivity contribution in [1.29, 1.82) is 0 Å². The summed E-state index contributed by atoms with van der Waals surface area (Å²) in [5.41, 5.74) is 6.93. The monoisotopic (exact) mass is 285 g/mol. The van der Waals surface area contributed by atoms with Gasteiger partial charge in [0, 0.05) is 11.7 Å². The molecule has 2 saturated heterocycles. The second kappa shape index (κ2) is 4.48. The van der Waals surface area contributed by atoms with E-state index in [9.17, 15) is 9.59 Å². The zero-order chi connectivity index (χ0) is 14.6. The summed E-state index contributed by atoms with van der Waals surface area (Å²) in [4.78, 5) is 28.6. The Morgan fingerprint density at radius 3 is 2.76 bits per heavy atom. The number of rotatable bonds is 1. The van der Waals surface area contributed by atoms with Crippen molar-refractivity contribution in [3.63, 3.8) is 0 Å². The summed E-state index contributed by atoms with van der Waals surface area (Å²) in [6.07, 6.45) is 5.39. The van der Waals surface area contributed by atoms with Crippen LogP contribution in [0.25, 0.3) is 0 Å². The molecule has 5 heteroatoms. The van der Waals surface area contributed by atoms with Crippen LogP contribution in [0.1, 0.15) is 32.1 Å². The first-order valence-electron chi connectivity index (χ1n) is 7.68. The van der Waals surface area contributed by atoms with Gasteiger partial charge < -0.3 is 10.6 Å². The quantitative estimate of drug-likeness (QED) is 0.636. The third-order valence-electron chi connectivity index (χ3n) is 5.13. The molecule has 3 unspecified atom stereocenters. The molecule has 0 aromatic heterocycles. The molecular formula is C16H19N3O2. The maximum absolute atomic E-state index is 12.8. The zero-order valence-corrected chi connectivity index (χ0v) is 11.9. The number of hydrogen-bond acceptors (Lipinski definition) is 3. The normalized spacial score (nSPS) is 31.5. The van der Waals surface area contributed by atoms with Crippen LogP contribution in [-0.4, -0.2) is 28.9 Å². The topological polar surface area (TPSA) is 66.6 Å². The molecule has 1 saturated carbocycles. The molecule has 3 aliphatic rings. The Bertz CT molecular complexity index is 615. The van der Waals surface area contributed by atoms with E-state index in [1.165, 1.54) is 11.3 Å². The van der Waals surface area contributed by atoms with Crippen molar-refractivity contribution < 1.29 is 9.59 Å². The molecule has 1 aromatic carbocycles. The summed E-state index contributed by atoms with van der Waals surface area (Å²) < 4.78 is 0. The van der Waals surface area contributed by atoms with Crippen molar-refractivity contribution in [2.45, 2.75) is 44.2 Å². The van der Waals surface area contributed by atoms with Gasteiger partial charge in [-0.25, -0.2) is 9.69 Å². The first-order valence-corrected chi connectivity index (χ1v) is 7.68. The van der Waals surface area contributed by atoms with Gasteiger partial charge in [-0.3, -0.25) is 4.79 Å². The van der Waals surface area contributed by atoms with Gasteiger partial charge in [-0.1, -0.05) is 18.9 Å². The Morgan fingerprint density at radius 1 is 1.14 bits per heavy atom. The molecule has 0 bridgehead atoms. The van der Waals surface area contributed by atoms with Gasteiger partial charge in [0.25, 0.3) is 5.91 Å². The van der Waals surface area contributed by atoms with E-state index < -0.39 is 0 Å². The van der Waals surface area contributed by atoms with Gasteiger partial charge in [0.2, 0.25) is 0 Å². The number of benzene rings is 1. The molecular weight excluding hydrogens is 266 g/mol. The number of amides is 3. The summed E-state index contributed by atoms with van der Waals surface area (Å²) >= 11 is 0. The molecule has 2 heterocycles. The third-order valence-corrected chi connectivity index (χ3v) is 5.13. The van der Waals surface area contributed by atoms with Gasteiger partial charge in [0.1, 0.15) is 6.04 Å². The van der Waals surface area contributed by atoms with Gasteiger partial charge in [0.15, 0.2) is 0 Å². The minimum atomic E-state index is -0.257. The van der Waals surface area contributed by atoms with Crippen molar-refractivity contribution in [3.8, 4) is 0 Å². The maximum Gasteiger partial charge on any atom is 0.332 e. The van der Waals surface area contributed by atoms with Crippen LogP contribution in [0.2, 0.25) is 0 Å². The Balaban J connectivity index is 1.68. The first-order chi connectivity index (χ1) is 10.2. The van der Waals surface area contributed by atoms with Crippen molar-refractivity contribution >= 4 is 23.3 Å². The van der Waals surface area contributed by atoms with Gasteiger partial charge in [-0.2, -0.15) is 0 Å². The average Bonchev–Trinajstić information content (AvgIpc) is 2.96. The van der Waals surface area contributed by atoms with E-state index in [4.69, 9.17) is 5.73 Å². The van der Waals surface area contributed by atoms with Crippen LogP contribution in [0.3, 0.4) is 0 Å². The van der Waals surface area contributed by atoms with Crippen LogP contribution >= 0.6 is 0 Å². The SMILES string of the molecule is Nc1cccc(N2C(=O)C3CC4CCCCC4N3C2=O)c1. The third kappa shape index (κ3) is 1.76. The fourth-order valence-electron chi connectivity index (χ4n) is 4.22. The maximum atomic E-state index is 12.8. The van der Waals surface area contributed by atoms with Crippen molar-refractivity contribution in [3.05, 3.63) is 24.3 Å². The van der Waals surface area contributed by atoms with Crippen molar-refractivity contribution in [2.75, 3.05) is 10.6 Å². The lowest BCUT2D eigenvalue weighted by molar-refractivity contribution is -0.119. The van der Waals surface area contributed by atoms with Crippen LogP contribution < -0.4 is 10.6 Å². The van der Waals surface area contributed by atoms with E-state index in [0.717, 1.165) is 25.7 Å². The average molecular weight is 285 g/mol. The van der Waals surface area contributed by atoms with Gasteiger partial charge in [-0.05, 0) is 43.4 Å². The Kier molecular flexibility index (Phi) is 2.71. The number of nitrogen functional groups attached to an aromatic ring is 1. The molecule has 3 amide bonds. The molecule has 2 N–H and O–H groups in total. The standard InChI is InChI=1S/C16H19N3O2/c17-11-5-3-6-12(9-11)18-15(20)14-8-10-4-1-2-7-13(10)19(14)16(18)21/h3,5-6,9-10,13-14H,1-2,4,7-8,17H2. The van der Waals surface area contributed by atoms with E-state index in [1.54, 1.807) is 24.3 Å². The molecule has 5 nitrogen and oxygen atoms in total. The fraction of sp³-hybridized carbons (Fsp3) is 0.500. The van der Waals surface area contributed by atoms with Crippen LogP contribution in [0.15, 0.2) is 24.3 Å². The van der Waals surface area contributed by atoms with E-state index >= 15 is 0 Å². The summed E-state index contributed by atoms with van der Waals surface area (Å²) in [5, 5.41) is 0. The number of carbonyl (C=O) groups excluding carboxylic acids is 2. The van der Waals surface area contributed by atoms with Crippen LogP contribution in [0, 0.1) is 5.92 Å². The molecule has 3 fully saturated rings.